The highest BCUT2D eigenvalue weighted by Gasteiger charge is 1.93. The molecule has 86 valence electrons. The Morgan fingerprint density at radius 1 is 1.29 bits per heavy atom. The van der Waals surface area contributed by atoms with Crippen molar-refractivity contribution in [2.45, 2.75) is 13.0 Å². The molecule has 2 aromatic rings. The number of nitrogens with zero attached hydrogens (tertiary/aromatic N) is 3. The Bertz CT molecular complexity index is 479. The third-order valence-electron chi connectivity index (χ3n) is 2.50. The molecule has 0 amide bonds. The van der Waals surface area contributed by atoms with E-state index in [1.807, 2.05) is 36.8 Å². The Kier molecular flexibility index (Phi) is 3.77. The van der Waals surface area contributed by atoms with Crippen LogP contribution in [0.3, 0.4) is 0 Å². The molecule has 1 aromatic carbocycles. The van der Waals surface area contributed by atoms with Crippen LogP contribution in [0.2, 0.25) is 0 Å². The Balaban J connectivity index is 1.73. The molecule has 0 saturated carbocycles. The van der Waals surface area contributed by atoms with Gasteiger partial charge in [-0.1, -0.05) is 0 Å². The fourth-order valence-electron chi connectivity index (χ4n) is 1.58. The summed E-state index contributed by atoms with van der Waals surface area (Å²) in [6.07, 6.45) is 6.60. The summed E-state index contributed by atoms with van der Waals surface area (Å²) in [5.41, 5.74) is 1.74. The SMILES string of the molecule is N#Cc1ccc(NCCCn2ccnc2)cc1. The van der Waals surface area contributed by atoms with Gasteiger partial charge in [0.2, 0.25) is 0 Å². The zero-order chi connectivity index (χ0) is 11.9. The first-order valence-corrected chi connectivity index (χ1v) is 5.58. The summed E-state index contributed by atoms with van der Waals surface area (Å²) in [7, 11) is 0. The molecular weight excluding hydrogens is 212 g/mol. The minimum absolute atomic E-state index is 0.689. The van der Waals surface area contributed by atoms with Gasteiger partial charge in [0.15, 0.2) is 0 Å². The van der Waals surface area contributed by atoms with E-state index in [0.717, 1.165) is 25.2 Å². The first kappa shape index (κ1) is 11.2. The average molecular weight is 226 g/mol. The molecule has 0 fully saturated rings. The lowest BCUT2D eigenvalue weighted by molar-refractivity contribution is 0.661. The van der Waals surface area contributed by atoms with Crippen LogP contribution in [0.5, 0.6) is 0 Å². The molecule has 0 aliphatic carbocycles. The normalized spacial score (nSPS) is 9.82. The maximum Gasteiger partial charge on any atom is 0.0991 e. The summed E-state index contributed by atoms with van der Waals surface area (Å²) in [6, 6.07) is 9.59. The summed E-state index contributed by atoms with van der Waals surface area (Å²) < 4.78 is 2.06. The Hall–Kier alpha value is -2.28. The number of nitrogens with one attached hydrogen (secondary N) is 1. The van der Waals surface area contributed by atoms with E-state index in [1.165, 1.54) is 0 Å². The molecule has 17 heavy (non-hydrogen) atoms. The second kappa shape index (κ2) is 5.71. The van der Waals surface area contributed by atoms with E-state index in [-0.39, 0.29) is 0 Å². The predicted molar refractivity (Wildman–Crippen MR) is 66.5 cm³/mol. The van der Waals surface area contributed by atoms with Gasteiger partial charge in [-0.2, -0.15) is 5.26 Å². The summed E-state index contributed by atoms with van der Waals surface area (Å²) in [5, 5.41) is 12.0. The molecule has 0 unspecified atom stereocenters. The smallest absolute Gasteiger partial charge is 0.0991 e. The summed E-state index contributed by atoms with van der Waals surface area (Å²) >= 11 is 0. The van der Waals surface area contributed by atoms with Gasteiger partial charge in [-0.25, -0.2) is 4.98 Å². The van der Waals surface area contributed by atoms with E-state index in [9.17, 15) is 0 Å². The Labute approximate surface area is 101 Å². The van der Waals surface area contributed by atoms with Gasteiger partial charge < -0.3 is 9.88 Å². The highest BCUT2D eigenvalue weighted by atomic mass is 15.0. The molecule has 0 radical (unpaired) electrons. The first-order chi connectivity index (χ1) is 8.38. The van der Waals surface area contributed by atoms with Crippen molar-refractivity contribution in [1.29, 1.82) is 5.26 Å². The first-order valence-electron chi connectivity index (χ1n) is 5.58. The molecule has 0 saturated heterocycles. The number of imidazole rings is 1. The fraction of sp³-hybridized carbons (Fsp3) is 0.231. The number of rotatable bonds is 5. The Morgan fingerprint density at radius 2 is 2.12 bits per heavy atom. The van der Waals surface area contributed by atoms with Gasteiger partial charge in [-0.3, -0.25) is 0 Å². The van der Waals surface area contributed by atoms with Crippen molar-refractivity contribution in [1.82, 2.24) is 9.55 Å². The number of nitriles is 1. The van der Waals surface area contributed by atoms with E-state index >= 15 is 0 Å². The van der Waals surface area contributed by atoms with Crippen molar-refractivity contribution in [2.24, 2.45) is 0 Å². The molecule has 1 aromatic heterocycles. The minimum Gasteiger partial charge on any atom is -0.385 e. The van der Waals surface area contributed by atoms with Crippen LogP contribution in [-0.4, -0.2) is 16.1 Å². The second-order valence-electron chi connectivity index (χ2n) is 3.77. The molecule has 0 aliphatic heterocycles. The maximum absolute atomic E-state index is 8.67. The van der Waals surface area contributed by atoms with E-state index in [1.54, 1.807) is 6.20 Å². The zero-order valence-corrected chi connectivity index (χ0v) is 9.50. The van der Waals surface area contributed by atoms with Gasteiger partial charge in [0.05, 0.1) is 18.0 Å². The van der Waals surface area contributed by atoms with E-state index < -0.39 is 0 Å². The van der Waals surface area contributed by atoms with E-state index in [4.69, 9.17) is 5.26 Å². The standard InChI is InChI=1S/C13H14N4/c14-10-12-2-4-13(5-3-12)16-6-1-8-17-9-7-15-11-17/h2-5,7,9,11,16H,1,6,8H2. The van der Waals surface area contributed by atoms with Gasteiger partial charge in [-0.15, -0.1) is 0 Å². The van der Waals surface area contributed by atoms with Crippen LogP contribution in [0.25, 0.3) is 0 Å². The molecule has 1 heterocycles. The highest BCUT2D eigenvalue weighted by Crippen LogP contribution is 2.08. The number of hydrogen-bond donors (Lipinski definition) is 1. The highest BCUT2D eigenvalue weighted by molar-refractivity contribution is 5.46. The fourth-order valence-corrected chi connectivity index (χ4v) is 1.58. The largest absolute Gasteiger partial charge is 0.385 e. The lowest BCUT2D eigenvalue weighted by atomic mass is 10.2. The van der Waals surface area contributed by atoms with Crippen molar-refractivity contribution in [3.05, 3.63) is 48.5 Å². The molecule has 1 N–H and O–H groups in total. The number of aromatic nitrogens is 2. The van der Waals surface area contributed by atoms with Crippen LogP contribution in [0.4, 0.5) is 5.69 Å². The van der Waals surface area contributed by atoms with Crippen LogP contribution in [0.1, 0.15) is 12.0 Å². The summed E-state index contributed by atoms with van der Waals surface area (Å²) in [6.45, 7) is 1.87. The van der Waals surface area contributed by atoms with E-state index in [2.05, 4.69) is 20.9 Å². The van der Waals surface area contributed by atoms with Crippen LogP contribution < -0.4 is 5.32 Å². The third-order valence-corrected chi connectivity index (χ3v) is 2.50. The molecule has 4 heteroatoms. The Morgan fingerprint density at radius 3 is 2.76 bits per heavy atom. The van der Waals surface area contributed by atoms with Crippen molar-refractivity contribution >= 4 is 5.69 Å². The zero-order valence-electron chi connectivity index (χ0n) is 9.50. The maximum atomic E-state index is 8.67. The second-order valence-corrected chi connectivity index (χ2v) is 3.77. The van der Waals surface area contributed by atoms with Crippen molar-refractivity contribution < 1.29 is 0 Å². The monoisotopic (exact) mass is 226 g/mol. The van der Waals surface area contributed by atoms with Gasteiger partial charge in [0.1, 0.15) is 0 Å². The lowest BCUT2D eigenvalue weighted by Crippen LogP contribution is -2.05. The van der Waals surface area contributed by atoms with Crippen molar-refractivity contribution in [3.63, 3.8) is 0 Å². The van der Waals surface area contributed by atoms with Gasteiger partial charge in [-0.05, 0) is 30.7 Å². The van der Waals surface area contributed by atoms with Gasteiger partial charge >= 0.3 is 0 Å². The van der Waals surface area contributed by atoms with Crippen LogP contribution in [0.15, 0.2) is 43.0 Å². The molecular formula is C13H14N4. The predicted octanol–water partition coefficient (Wildman–Crippen LogP) is 2.26. The van der Waals surface area contributed by atoms with Crippen LogP contribution in [-0.2, 0) is 6.54 Å². The van der Waals surface area contributed by atoms with Crippen molar-refractivity contribution in [3.8, 4) is 6.07 Å². The quantitative estimate of drug-likeness (QED) is 0.795. The number of benzene rings is 1. The number of anilines is 1. The topological polar surface area (TPSA) is 53.6 Å². The molecule has 0 bridgehead atoms. The van der Waals surface area contributed by atoms with Crippen molar-refractivity contribution in [2.75, 3.05) is 11.9 Å². The average Bonchev–Trinajstić information content (AvgIpc) is 2.88. The third kappa shape index (κ3) is 3.35. The van der Waals surface area contributed by atoms with Gasteiger partial charge in [0, 0.05) is 31.2 Å². The van der Waals surface area contributed by atoms with Crippen LogP contribution >= 0.6 is 0 Å². The lowest BCUT2D eigenvalue weighted by Gasteiger charge is -2.06. The number of aryl methyl sites for hydroxylation is 1. The summed E-state index contributed by atoms with van der Waals surface area (Å²) in [4.78, 5) is 3.99. The molecule has 0 aliphatic rings. The number of hydrogen-bond acceptors (Lipinski definition) is 3. The minimum atomic E-state index is 0.689. The van der Waals surface area contributed by atoms with Crippen LogP contribution in [0, 0.1) is 11.3 Å². The molecule has 4 nitrogen and oxygen atoms in total. The van der Waals surface area contributed by atoms with Gasteiger partial charge in [0.25, 0.3) is 0 Å². The van der Waals surface area contributed by atoms with E-state index in [0.29, 0.717) is 5.56 Å². The summed E-state index contributed by atoms with van der Waals surface area (Å²) in [5.74, 6) is 0. The molecule has 0 atom stereocenters. The molecule has 2 rings (SSSR count). The molecule has 0 spiro atoms.